The van der Waals surface area contributed by atoms with Crippen molar-refractivity contribution < 1.29 is 14.7 Å². The van der Waals surface area contributed by atoms with E-state index in [4.69, 9.17) is 0 Å². The summed E-state index contributed by atoms with van der Waals surface area (Å²) in [5, 5.41) is 15.2. The van der Waals surface area contributed by atoms with Gasteiger partial charge in [-0.15, -0.1) is 0 Å². The molecule has 0 bridgehead atoms. The molecule has 0 aromatic heterocycles. The highest BCUT2D eigenvalue weighted by atomic mass is 16.3. The summed E-state index contributed by atoms with van der Waals surface area (Å²) in [6.45, 7) is 6.15. The van der Waals surface area contributed by atoms with E-state index in [0.29, 0.717) is 6.54 Å². The van der Waals surface area contributed by atoms with Crippen LogP contribution in [0.15, 0.2) is 30.3 Å². The van der Waals surface area contributed by atoms with Crippen LogP contribution in [0, 0.1) is 5.41 Å². The topological polar surface area (TPSA) is 78.4 Å². The standard InChI is InChI=1S/C17H26N2O3/c1-17(2,3)15(21)16(22)19-12-10-14(20)18-11-9-13-7-5-4-6-8-13/h4-8,15,21H,9-12H2,1-3H3,(H,18,20)(H,19,22). The van der Waals surface area contributed by atoms with Crippen LogP contribution < -0.4 is 10.6 Å². The van der Waals surface area contributed by atoms with E-state index in [-0.39, 0.29) is 18.9 Å². The Morgan fingerprint density at radius 3 is 2.32 bits per heavy atom. The van der Waals surface area contributed by atoms with E-state index < -0.39 is 17.4 Å². The maximum absolute atomic E-state index is 11.7. The monoisotopic (exact) mass is 306 g/mol. The third kappa shape index (κ3) is 6.72. The van der Waals surface area contributed by atoms with E-state index >= 15 is 0 Å². The maximum atomic E-state index is 11.7. The molecule has 0 saturated carbocycles. The zero-order valence-corrected chi connectivity index (χ0v) is 13.6. The van der Waals surface area contributed by atoms with Gasteiger partial charge in [-0.05, 0) is 17.4 Å². The number of hydrogen-bond acceptors (Lipinski definition) is 3. The van der Waals surface area contributed by atoms with Crippen molar-refractivity contribution in [2.45, 2.75) is 39.7 Å². The second-order valence-electron chi connectivity index (χ2n) is 6.40. The maximum Gasteiger partial charge on any atom is 0.249 e. The molecule has 0 aliphatic heterocycles. The Morgan fingerprint density at radius 2 is 1.73 bits per heavy atom. The first kappa shape index (κ1) is 18.2. The van der Waals surface area contributed by atoms with Gasteiger partial charge in [-0.1, -0.05) is 51.1 Å². The predicted octanol–water partition coefficient (Wildman–Crippen LogP) is 1.26. The Kier molecular flexibility index (Phi) is 7.05. The van der Waals surface area contributed by atoms with E-state index in [0.717, 1.165) is 6.42 Å². The molecular weight excluding hydrogens is 280 g/mol. The van der Waals surface area contributed by atoms with E-state index in [2.05, 4.69) is 10.6 Å². The highest BCUT2D eigenvalue weighted by Crippen LogP contribution is 2.18. The summed E-state index contributed by atoms with van der Waals surface area (Å²) in [5.74, 6) is -0.550. The van der Waals surface area contributed by atoms with Crippen LogP contribution in [0.4, 0.5) is 0 Å². The minimum atomic E-state index is -1.08. The second kappa shape index (κ2) is 8.54. The van der Waals surface area contributed by atoms with Crippen LogP contribution in [0.3, 0.4) is 0 Å². The third-order valence-corrected chi connectivity index (χ3v) is 3.30. The van der Waals surface area contributed by atoms with Crippen LogP contribution in [0.2, 0.25) is 0 Å². The van der Waals surface area contributed by atoms with Gasteiger partial charge in [-0.3, -0.25) is 9.59 Å². The fraction of sp³-hybridized carbons (Fsp3) is 0.529. The molecule has 22 heavy (non-hydrogen) atoms. The van der Waals surface area contributed by atoms with Crippen LogP contribution >= 0.6 is 0 Å². The molecule has 5 nitrogen and oxygen atoms in total. The Balaban J connectivity index is 2.17. The van der Waals surface area contributed by atoms with E-state index in [9.17, 15) is 14.7 Å². The van der Waals surface area contributed by atoms with Gasteiger partial charge in [0.15, 0.2) is 0 Å². The van der Waals surface area contributed by atoms with E-state index in [1.165, 1.54) is 5.56 Å². The highest BCUT2D eigenvalue weighted by molar-refractivity contribution is 5.82. The van der Waals surface area contributed by atoms with Crippen molar-refractivity contribution in [2.75, 3.05) is 13.1 Å². The first-order valence-electron chi connectivity index (χ1n) is 7.57. The molecule has 3 N–H and O–H groups in total. The molecule has 1 aromatic rings. The van der Waals surface area contributed by atoms with Gasteiger partial charge in [0.05, 0.1) is 0 Å². The van der Waals surface area contributed by atoms with Crippen LogP contribution in [0.1, 0.15) is 32.8 Å². The Labute approximate surface area is 132 Å². The number of hydrogen-bond donors (Lipinski definition) is 3. The van der Waals surface area contributed by atoms with E-state index in [1.807, 2.05) is 30.3 Å². The zero-order chi connectivity index (χ0) is 16.6. The molecule has 0 aliphatic rings. The van der Waals surface area contributed by atoms with Gasteiger partial charge >= 0.3 is 0 Å². The minimum Gasteiger partial charge on any atom is -0.383 e. The van der Waals surface area contributed by atoms with Gasteiger partial charge in [0.2, 0.25) is 11.8 Å². The molecule has 0 radical (unpaired) electrons. The lowest BCUT2D eigenvalue weighted by Crippen LogP contribution is -2.43. The summed E-state index contributed by atoms with van der Waals surface area (Å²) in [6.07, 6.45) is -0.0901. The SMILES string of the molecule is CC(C)(C)C(O)C(=O)NCCC(=O)NCCc1ccccc1. The smallest absolute Gasteiger partial charge is 0.249 e. The number of benzene rings is 1. The summed E-state index contributed by atoms with van der Waals surface area (Å²) in [6, 6.07) is 9.91. The largest absolute Gasteiger partial charge is 0.383 e. The van der Waals surface area contributed by atoms with Gasteiger partial charge in [-0.2, -0.15) is 0 Å². The lowest BCUT2D eigenvalue weighted by atomic mass is 9.89. The summed E-state index contributed by atoms with van der Waals surface area (Å²) in [7, 11) is 0. The summed E-state index contributed by atoms with van der Waals surface area (Å²) >= 11 is 0. The normalized spacial score (nSPS) is 12.5. The van der Waals surface area contributed by atoms with Crippen LogP contribution in [0.25, 0.3) is 0 Å². The number of amides is 2. The van der Waals surface area contributed by atoms with Crippen LogP contribution in [-0.2, 0) is 16.0 Å². The van der Waals surface area contributed by atoms with Crippen LogP contribution in [-0.4, -0.2) is 36.1 Å². The van der Waals surface area contributed by atoms with Crippen molar-refractivity contribution in [1.82, 2.24) is 10.6 Å². The average Bonchev–Trinajstić information content (AvgIpc) is 2.46. The number of aliphatic hydroxyl groups excluding tert-OH is 1. The lowest BCUT2D eigenvalue weighted by Gasteiger charge is -2.24. The Bertz CT molecular complexity index is 480. The summed E-state index contributed by atoms with van der Waals surface area (Å²) < 4.78 is 0. The van der Waals surface area contributed by atoms with Crippen LogP contribution in [0.5, 0.6) is 0 Å². The molecular formula is C17H26N2O3. The Hall–Kier alpha value is -1.88. The number of aliphatic hydroxyl groups is 1. The molecule has 1 atom stereocenters. The number of rotatable bonds is 7. The van der Waals surface area contributed by atoms with E-state index in [1.54, 1.807) is 20.8 Å². The molecule has 5 heteroatoms. The van der Waals surface area contributed by atoms with Crippen molar-refractivity contribution in [3.63, 3.8) is 0 Å². The molecule has 1 unspecified atom stereocenters. The second-order valence-corrected chi connectivity index (χ2v) is 6.40. The molecule has 2 amide bonds. The number of carbonyl (C=O) groups is 2. The number of carbonyl (C=O) groups excluding carboxylic acids is 2. The van der Waals surface area contributed by atoms with Gasteiger partial charge in [0.25, 0.3) is 0 Å². The molecule has 0 heterocycles. The summed E-state index contributed by atoms with van der Waals surface area (Å²) in [5.41, 5.74) is 0.659. The molecule has 0 fully saturated rings. The van der Waals surface area contributed by atoms with Crippen molar-refractivity contribution in [1.29, 1.82) is 0 Å². The predicted molar refractivity (Wildman–Crippen MR) is 86.2 cm³/mol. The quantitative estimate of drug-likeness (QED) is 0.709. The average molecular weight is 306 g/mol. The summed E-state index contributed by atoms with van der Waals surface area (Å²) in [4.78, 5) is 23.3. The zero-order valence-electron chi connectivity index (χ0n) is 13.6. The third-order valence-electron chi connectivity index (χ3n) is 3.30. The van der Waals surface area contributed by atoms with Crippen molar-refractivity contribution in [3.05, 3.63) is 35.9 Å². The van der Waals surface area contributed by atoms with Crippen molar-refractivity contribution in [2.24, 2.45) is 5.41 Å². The van der Waals surface area contributed by atoms with Crippen molar-refractivity contribution >= 4 is 11.8 Å². The fourth-order valence-corrected chi connectivity index (χ4v) is 1.87. The van der Waals surface area contributed by atoms with Gasteiger partial charge in [0, 0.05) is 19.5 Å². The number of nitrogens with one attached hydrogen (secondary N) is 2. The first-order chi connectivity index (χ1) is 10.3. The minimum absolute atomic E-state index is 0.110. The molecule has 1 aromatic carbocycles. The van der Waals surface area contributed by atoms with Gasteiger partial charge in [0.1, 0.15) is 6.10 Å². The molecule has 1 rings (SSSR count). The molecule has 122 valence electrons. The highest BCUT2D eigenvalue weighted by Gasteiger charge is 2.28. The van der Waals surface area contributed by atoms with Crippen molar-refractivity contribution in [3.8, 4) is 0 Å². The fourth-order valence-electron chi connectivity index (χ4n) is 1.87. The molecule has 0 spiro atoms. The lowest BCUT2D eigenvalue weighted by molar-refractivity contribution is -0.134. The molecule has 0 aliphatic carbocycles. The first-order valence-corrected chi connectivity index (χ1v) is 7.57. The van der Waals surface area contributed by atoms with Gasteiger partial charge in [-0.25, -0.2) is 0 Å². The molecule has 0 saturated heterocycles. The van der Waals surface area contributed by atoms with Gasteiger partial charge < -0.3 is 15.7 Å². The Morgan fingerprint density at radius 1 is 1.09 bits per heavy atom.